The summed E-state index contributed by atoms with van der Waals surface area (Å²) in [5.74, 6) is -7.66. The Hall–Kier alpha value is -11.9. The van der Waals surface area contributed by atoms with Crippen LogP contribution in [0.1, 0.15) is 289 Å². The largest absolute Gasteiger partial charge is 0.480 e. The highest BCUT2D eigenvalue weighted by atomic mass is 16.6. The molecule has 34 heteroatoms. The Kier molecular flexibility index (Phi) is 48.3. The zero-order chi connectivity index (χ0) is 104. The number of unbranched alkanes of at least 4 members (excludes halogenated alkanes) is 2. The second kappa shape index (κ2) is 56.3. The molecule has 0 aromatic heterocycles. The second-order valence-corrected chi connectivity index (χ2v) is 41.6. The third-order valence-electron chi connectivity index (χ3n) is 22.8. The summed E-state index contributed by atoms with van der Waals surface area (Å²) >= 11 is 0. The minimum Gasteiger partial charge on any atom is -0.480 e. The van der Waals surface area contributed by atoms with Crippen LogP contribution >= 0.6 is 0 Å². The van der Waals surface area contributed by atoms with Gasteiger partial charge in [-0.05, 0) is 227 Å². The number of hydrogen-bond acceptors (Lipinski definition) is 22. The second-order valence-electron chi connectivity index (χ2n) is 41.6. The number of carboxylic acid groups (broad SMARTS) is 1. The van der Waals surface area contributed by atoms with E-state index in [2.05, 4.69) is 53.2 Å². The van der Waals surface area contributed by atoms with Crippen molar-refractivity contribution in [1.82, 2.24) is 58.1 Å². The Morgan fingerprint density at radius 1 is 0.377 bits per heavy atom. The van der Waals surface area contributed by atoms with Crippen molar-refractivity contribution in [3.8, 4) is 0 Å². The van der Waals surface area contributed by atoms with Crippen LogP contribution in [0.5, 0.6) is 0 Å². The first-order chi connectivity index (χ1) is 64.4. The summed E-state index contributed by atoms with van der Waals surface area (Å²) in [6, 6.07) is 30.5. The molecule has 2 fully saturated rings. The van der Waals surface area contributed by atoms with Crippen molar-refractivity contribution in [1.29, 1.82) is 0 Å². The number of ether oxygens (including phenoxy) is 7. The van der Waals surface area contributed by atoms with E-state index in [1.165, 1.54) is 19.1 Å². The summed E-state index contributed by atoms with van der Waals surface area (Å²) in [7, 11) is 2.55. The summed E-state index contributed by atoms with van der Waals surface area (Å²) in [5, 5.41) is 37.6. The van der Waals surface area contributed by atoms with Gasteiger partial charge in [0.15, 0.2) is 5.78 Å². The zero-order valence-electron chi connectivity index (χ0n) is 85.9. The van der Waals surface area contributed by atoms with Crippen molar-refractivity contribution < 1.29 is 110 Å². The van der Waals surface area contributed by atoms with Gasteiger partial charge >= 0.3 is 48.4 Å². The number of hydrogen-bond donors (Lipinski definition) is 11. The lowest BCUT2D eigenvalue weighted by atomic mass is 9.82. The Bertz CT molecular complexity index is 4550. The average Bonchev–Trinajstić information content (AvgIpc) is 0.786. The number of esters is 2. The number of piperidine rings is 1. The first-order valence-corrected chi connectivity index (χ1v) is 48.2. The summed E-state index contributed by atoms with van der Waals surface area (Å²) < 4.78 is 36.6. The fourth-order valence-electron chi connectivity index (χ4n) is 15.7. The number of ketones is 1. The highest BCUT2D eigenvalue weighted by Crippen LogP contribution is 2.32. The fraction of sp³-hybridized carbons (Fsp3) is 0.625. The number of alkyl carbamates (subject to hydrolysis) is 5. The molecule has 1 aliphatic carbocycles. The van der Waals surface area contributed by atoms with E-state index in [-0.39, 0.29) is 106 Å². The van der Waals surface area contributed by atoms with Gasteiger partial charge in [-0.15, -0.1) is 0 Å². The van der Waals surface area contributed by atoms with Gasteiger partial charge < -0.3 is 96.3 Å². The van der Waals surface area contributed by atoms with Crippen LogP contribution in [0.15, 0.2) is 121 Å². The van der Waals surface area contributed by atoms with E-state index in [0.717, 1.165) is 36.0 Å². The molecule has 1 aliphatic heterocycles. The molecule has 11 N–H and O–H groups in total. The lowest BCUT2D eigenvalue weighted by molar-refractivity contribution is -0.153. The number of likely N-dealkylation sites (tertiary alicyclic amines) is 1. The smallest absolute Gasteiger partial charge is 0.408 e. The van der Waals surface area contributed by atoms with Gasteiger partial charge in [0.1, 0.15) is 69.3 Å². The van der Waals surface area contributed by atoms with Crippen molar-refractivity contribution in [2.24, 2.45) is 23.7 Å². The number of methoxy groups -OCH3 is 2. The molecule has 1 heterocycles. The van der Waals surface area contributed by atoms with Gasteiger partial charge in [-0.1, -0.05) is 189 Å². The lowest BCUT2D eigenvalue weighted by Crippen LogP contribution is -2.63. The summed E-state index contributed by atoms with van der Waals surface area (Å²) in [6.45, 7) is 39.9. The molecule has 11 amide bonds. The first-order valence-electron chi connectivity index (χ1n) is 48.2. The van der Waals surface area contributed by atoms with Gasteiger partial charge in [-0.2, -0.15) is 0 Å². The van der Waals surface area contributed by atoms with E-state index in [1.807, 2.05) is 139 Å². The summed E-state index contributed by atoms with van der Waals surface area (Å²) in [4.78, 5) is 200. The molecule has 138 heavy (non-hydrogen) atoms. The molecule has 34 nitrogen and oxygen atoms in total. The standard InChI is InChI=1S/C53H81N7O12.C38H55N3O7.C13H23NO4/c1-34(2)32-39(56-43(62)40(33-36-22-16-14-17-23-36)57-44(63)41(58-48(67)71-51(7,8)9)35(3)37-24-18-15-19-25-37)42(61)55-38(26-20-21-29-54-47(66)70-50(4,5)6)45(64)60-30-27-53(28-31-60,46(65)69-13)59-49(68)72-52(10,11)12;1-25(2)22-30(35(44)40-31(36(45)46)20-14-15-21-39-37(47)48-38(5,6)7)24-33(42)32(23-28-16-10-8-11-17-28)41-34(43)27(4)26(3)29-18-12-9-13-19-29;1-12(2,3)18-11(16)14-13(10(15)17-4)8-6-5-7-9-13/h14-19,22-25,34-35,38-41H,20-21,26-33H2,1-13H3,(H,54,66)(H,55,61)(H,56,62)(H,57,63)(H,58,67)(H,59,68);8-13,16-19,25-27,30-32H,14-15,20-24H2,1-7H3,(H,39,47)(H,40,44)(H,41,43)(H,45,46);5-9H2,1-4H3,(H,14,16)/t35-,38-,39-,40-,41-;26-,27+,30-,31+,32+;/m10./s1. The van der Waals surface area contributed by atoms with E-state index in [0.29, 0.717) is 57.1 Å². The van der Waals surface area contributed by atoms with E-state index in [9.17, 15) is 77.0 Å². The third-order valence-corrected chi connectivity index (χ3v) is 22.8. The number of amides is 11. The van der Waals surface area contributed by atoms with Crippen LogP contribution in [-0.2, 0) is 93.9 Å². The molecule has 0 radical (unpaired) electrons. The minimum absolute atomic E-state index is 0.00991. The number of Topliss-reactive ketones (excluding diaryl/α,β-unsaturated/α-hetero) is 1. The predicted molar refractivity (Wildman–Crippen MR) is 525 cm³/mol. The van der Waals surface area contributed by atoms with Crippen molar-refractivity contribution in [2.75, 3.05) is 40.4 Å². The maximum absolute atomic E-state index is 14.6. The first kappa shape index (κ1) is 118. The normalized spacial score (nSPS) is 15.8. The van der Waals surface area contributed by atoms with Crippen molar-refractivity contribution in [3.05, 3.63) is 144 Å². The van der Waals surface area contributed by atoms with Gasteiger partial charge in [0.05, 0.1) is 20.3 Å². The SMILES string of the molecule is CC(C)C[C@@H](CC(=O)[C@@H](Cc1ccccc1)NC(=O)[C@H](C)[C@H](C)c1ccccc1)C(=O)N[C@H](CCCCNC(=O)OC(C)(C)C)C(=O)O.COC(=O)C1(NC(=O)OC(C)(C)C)CCCCC1.COC(=O)C1(NC(=O)OC(C)(C)C)CCN(C(=O)[C@@H](CCCCNC(=O)OC(C)(C)C)NC(=O)[C@@H](CC(C)C)NC(=O)[C@@H](Cc2ccccc2)NC(=O)[C@H](NC(=O)OC(C)(C)C)[C@H](C)c2ccccc2)CC1. The number of nitrogens with zero attached hydrogens (tertiary/aromatic N) is 1. The molecule has 768 valence electrons. The number of carboxylic acids is 1. The van der Waals surface area contributed by atoms with Crippen molar-refractivity contribution in [3.63, 3.8) is 0 Å². The highest BCUT2D eigenvalue weighted by molar-refractivity contribution is 5.97. The lowest BCUT2D eigenvalue weighted by Gasteiger charge is -2.41. The number of carbonyl (C=O) groups excluding carboxylic acids is 14. The average molecular weight is 1930 g/mol. The monoisotopic (exact) mass is 1930 g/mol. The molecule has 10 atom stereocenters. The van der Waals surface area contributed by atoms with Crippen LogP contribution in [0.4, 0.5) is 24.0 Å². The van der Waals surface area contributed by atoms with Gasteiger partial charge in [-0.25, -0.2) is 38.4 Å². The minimum atomic E-state index is -1.48. The Morgan fingerprint density at radius 2 is 0.739 bits per heavy atom. The zero-order valence-corrected chi connectivity index (χ0v) is 85.9. The van der Waals surface area contributed by atoms with Crippen molar-refractivity contribution in [2.45, 2.75) is 355 Å². The summed E-state index contributed by atoms with van der Waals surface area (Å²) in [6.07, 6.45) is 3.44. The number of nitrogens with one attached hydrogen (secondary N) is 10. The number of carbonyl (C=O) groups is 15. The topological polar surface area (TPSA) is 464 Å². The van der Waals surface area contributed by atoms with E-state index in [4.69, 9.17) is 33.2 Å². The van der Waals surface area contributed by atoms with Crippen LogP contribution < -0.4 is 53.2 Å². The van der Waals surface area contributed by atoms with E-state index in [1.54, 1.807) is 135 Å². The molecule has 2 aliphatic rings. The molecule has 1 saturated heterocycles. The van der Waals surface area contributed by atoms with Gasteiger partial charge in [0.2, 0.25) is 35.4 Å². The van der Waals surface area contributed by atoms with Crippen molar-refractivity contribution >= 4 is 89.6 Å². The maximum Gasteiger partial charge on any atom is 0.408 e. The Balaban J connectivity index is 0.000000512. The summed E-state index contributed by atoms with van der Waals surface area (Å²) in [5.41, 5.74) is -2.65. The molecule has 0 unspecified atom stereocenters. The molecular formula is C104H159N11O23. The van der Waals surface area contributed by atoms with Crippen LogP contribution in [0.25, 0.3) is 0 Å². The molecule has 0 spiro atoms. The van der Waals surface area contributed by atoms with E-state index < -0.39 is 165 Å². The fourth-order valence-corrected chi connectivity index (χ4v) is 15.7. The molecule has 4 aromatic rings. The third kappa shape index (κ3) is 44.7. The Morgan fingerprint density at radius 3 is 1.16 bits per heavy atom. The number of aliphatic carboxylic acids is 1. The Labute approximate surface area is 816 Å². The van der Waals surface area contributed by atoms with Crippen LogP contribution in [0.3, 0.4) is 0 Å². The van der Waals surface area contributed by atoms with Gasteiger partial charge in [0, 0.05) is 56.8 Å². The molecular weight excluding hydrogens is 1770 g/mol. The molecule has 0 bridgehead atoms. The predicted octanol–water partition coefficient (Wildman–Crippen LogP) is 14.6. The van der Waals surface area contributed by atoms with Crippen LogP contribution in [-0.4, -0.2) is 215 Å². The van der Waals surface area contributed by atoms with Crippen LogP contribution in [0.2, 0.25) is 0 Å². The number of rotatable bonds is 42. The number of benzene rings is 4. The highest BCUT2D eigenvalue weighted by Gasteiger charge is 2.48. The maximum atomic E-state index is 14.6. The molecule has 6 rings (SSSR count). The quantitative estimate of drug-likeness (QED) is 0.0111. The van der Waals surface area contributed by atoms with E-state index >= 15 is 0 Å². The molecule has 1 saturated carbocycles. The van der Waals surface area contributed by atoms with Gasteiger partial charge in [-0.3, -0.25) is 33.6 Å². The molecule has 4 aromatic carbocycles. The van der Waals surface area contributed by atoms with Crippen LogP contribution in [0, 0.1) is 23.7 Å². The van der Waals surface area contributed by atoms with Gasteiger partial charge in [0.25, 0.3) is 0 Å².